The number of amides is 1. The predicted octanol–water partition coefficient (Wildman–Crippen LogP) is 1.72. The summed E-state index contributed by atoms with van der Waals surface area (Å²) in [6.45, 7) is 2.62. The van der Waals surface area contributed by atoms with Gasteiger partial charge in [-0.15, -0.1) is 0 Å². The molecule has 0 fully saturated rings. The maximum absolute atomic E-state index is 12.4. The summed E-state index contributed by atoms with van der Waals surface area (Å²) in [6, 6.07) is 11.9. The Morgan fingerprint density at radius 3 is 2.72 bits per heavy atom. The molecule has 1 aromatic heterocycles. The Bertz CT molecular complexity index is 1090. The van der Waals surface area contributed by atoms with Crippen LogP contribution in [-0.4, -0.2) is 31.7 Å². The molecule has 3 N–H and O–H groups in total. The first kappa shape index (κ1) is 20.4. The Kier molecular flexibility index (Phi) is 6.19. The first-order chi connectivity index (χ1) is 13.9. The van der Waals surface area contributed by atoms with Crippen LogP contribution >= 0.6 is 0 Å². The predicted molar refractivity (Wildman–Crippen MR) is 111 cm³/mol. The van der Waals surface area contributed by atoms with Gasteiger partial charge in [0.1, 0.15) is 23.6 Å². The molecule has 29 heavy (non-hydrogen) atoms. The van der Waals surface area contributed by atoms with Gasteiger partial charge in [-0.05, 0) is 30.2 Å². The summed E-state index contributed by atoms with van der Waals surface area (Å²) in [4.78, 5) is 25.2. The summed E-state index contributed by atoms with van der Waals surface area (Å²) in [7, 11) is 3.45. The molecule has 0 saturated heterocycles. The zero-order valence-corrected chi connectivity index (χ0v) is 16.7. The molecule has 0 saturated carbocycles. The van der Waals surface area contributed by atoms with Crippen molar-refractivity contribution in [2.45, 2.75) is 19.9 Å². The molecule has 2 aromatic carbocycles. The molecule has 0 aliphatic heterocycles. The van der Waals surface area contributed by atoms with Crippen molar-refractivity contribution < 1.29 is 24.0 Å². The molecule has 0 aliphatic rings. The number of hydrogen-bond donors (Lipinski definition) is 3. The van der Waals surface area contributed by atoms with E-state index in [2.05, 4.69) is 5.32 Å². The smallest absolute Gasteiger partial charge is 0.336 e. The minimum absolute atomic E-state index is 0.110. The van der Waals surface area contributed by atoms with E-state index in [0.717, 1.165) is 21.4 Å². The Hall–Kier alpha value is -3.32. The highest BCUT2D eigenvalue weighted by Gasteiger charge is 2.16. The number of fused-ring (bicyclic) bond motifs is 1. The van der Waals surface area contributed by atoms with E-state index in [-0.39, 0.29) is 18.2 Å². The maximum Gasteiger partial charge on any atom is 0.336 e. The molecule has 0 spiro atoms. The lowest BCUT2D eigenvalue weighted by Gasteiger charge is -2.15. The summed E-state index contributed by atoms with van der Waals surface area (Å²) in [5, 5.41) is 13.7. The average molecular weight is 397 g/mol. The maximum atomic E-state index is 12.4. The number of rotatable bonds is 7. The van der Waals surface area contributed by atoms with Gasteiger partial charge in [-0.2, -0.15) is 0 Å². The number of quaternary nitrogens is 1. The van der Waals surface area contributed by atoms with Gasteiger partial charge >= 0.3 is 5.63 Å². The Morgan fingerprint density at radius 2 is 2.00 bits per heavy atom. The minimum atomic E-state index is -0.482. The zero-order valence-electron chi connectivity index (χ0n) is 16.7. The fourth-order valence-corrected chi connectivity index (χ4v) is 3.30. The van der Waals surface area contributed by atoms with Crippen molar-refractivity contribution in [3.05, 3.63) is 64.0 Å². The summed E-state index contributed by atoms with van der Waals surface area (Å²) >= 11 is 0. The van der Waals surface area contributed by atoms with Crippen LogP contribution in [0, 0.1) is 0 Å². The van der Waals surface area contributed by atoms with Crippen LogP contribution in [0.3, 0.4) is 0 Å². The standard InChI is InChI=1S/C22H24N2O5/c1-4-14-8-18-15(9-22(27)29-20(18)11-19(14)25)12-24(2)13-21(26)23-16-6-5-7-17(10-16)28-3/h5-11,25H,4,12-13H2,1-3H3,(H,23,26)/p+1. The molecule has 3 rings (SSSR count). The monoisotopic (exact) mass is 397 g/mol. The van der Waals surface area contributed by atoms with Crippen molar-refractivity contribution in [3.8, 4) is 11.5 Å². The van der Waals surface area contributed by atoms with Crippen LogP contribution in [-0.2, 0) is 17.8 Å². The van der Waals surface area contributed by atoms with E-state index in [4.69, 9.17) is 9.15 Å². The van der Waals surface area contributed by atoms with Gasteiger partial charge in [-0.3, -0.25) is 4.79 Å². The van der Waals surface area contributed by atoms with Gasteiger partial charge in [-0.1, -0.05) is 13.0 Å². The molecular formula is C22H25N2O5+. The third kappa shape index (κ3) is 4.94. The van der Waals surface area contributed by atoms with Crippen molar-refractivity contribution in [1.29, 1.82) is 0 Å². The molecule has 7 heteroatoms. The average Bonchev–Trinajstić information content (AvgIpc) is 2.67. The van der Waals surface area contributed by atoms with E-state index in [1.54, 1.807) is 25.3 Å². The number of phenols is 1. The first-order valence-electron chi connectivity index (χ1n) is 9.43. The molecule has 0 bridgehead atoms. The highest BCUT2D eigenvalue weighted by molar-refractivity contribution is 5.91. The van der Waals surface area contributed by atoms with E-state index < -0.39 is 5.63 Å². The topological polar surface area (TPSA) is 93.2 Å². The number of aryl methyl sites for hydroxylation is 1. The molecule has 152 valence electrons. The van der Waals surface area contributed by atoms with E-state index in [9.17, 15) is 14.7 Å². The lowest BCUT2D eigenvalue weighted by molar-refractivity contribution is -0.885. The van der Waals surface area contributed by atoms with Gasteiger partial charge in [0, 0.05) is 34.8 Å². The number of carbonyl (C=O) groups excluding carboxylic acids is 1. The second-order valence-electron chi connectivity index (χ2n) is 7.01. The molecule has 1 heterocycles. The van der Waals surface area contributed by atoms with Gasteiger partial charge in [0.05, 0.1) is 14.2 Å². The third-order valence-corrected chi connectivity index (χ3v) is 4.72. The van der Waals surface area contributed by atoms with Crippen LogP contribution < -0.4 is 20.6 Å². The number of methoxy groups -OCH3 is 1. The van der Waals surface area contributed by atoms with Crippen molar-refractivity contribution in [3.63, 3.8) is 0 Å². The number of hydrogen-bond acceptors (Lipinski definition) is 5. The van der Waals surface area contributed by atoms with Gasteiger partial charge in [-0.25, -0.2) is 4.79 Å². The molecule has 1 amide bonds. The van der Waals surface area contributed by atoms with Crippen LogP contribution in [0.1, 0.15) is 18.1 Å². The second kappa shape index (κ2) is 8.79. The van der Waals surface area contributed by atoms with Crippen molar-refractivity contribution in [1.82, 2.24) is 0 Å². The van der Waals surface area contributed by atoms with E-state index in [1.807, 2.05) is 26.1 Å². The highest BCUT2D eigenvalue weighted by Crippen LogP contribution is 2.26. The first-order valence-corrected chi connectivity index (χ1v) is 9.43. The number of nitrogens with one attached hydrogen (secondary N) is 2. The summed E-state index contributed by atoms with van der Waals surface area (Å²) in [6.07, 6.45) is 0.659. The quantitative estimate of drug-likeness (QED) is 0.528. The molecule has 0 radical (unpaired) electrons. The van der Waals surface area contributed by atoms with Gasteiger partial charge < -0.3 is 24.5 Å². The number of benzene rings is 2. The number of likely N-dealkylation sites (N-methyl/N-ethyl adjacent to an activating group) is 1. The number of ether oxygens (including phenoxy) is 1. The number of carbonyl (C=O) groups is 1. The number of aromatic hydroxyl groups is 1. The minimum Gasteiger partial charge on any atom is -0.508 e. The van der Waals surface area contributed by atoms with Crippen LogP contribution in [0.15, 0.2) is 51.7 Å². The SMILES string of the molecule is CCc1cc2c(C[NH+](C)CC(=O)Nc3cccc(OC)c3)cc(=O)oc2cc1O. The Labute approximate surface area is 168 Å². The summed E-state index contributed by atoms with van der Waals surface area (Å²) in [5.74, 6) is 0.634. The lowest BCUT2D eigenvalue weighted by atomic mass is 10.0. The van der Waals surface area contributed by atoms with Crippen LogP contribution in [0.5, 0.6) is 11.5 Å². The number of anilines is 1. The zero-order chi connectivity index (χ0) is 21.0. The van der Waals surface area contributed by atoms with E-state index >= 15 is 0 Å². The van der Waals surface area contributed by atoms with Crippen LogP contribution in [0.25, 0.3) is 11.0 Å². The second-order valence-corrected chi connectivity index (χ2v) is 7.01. The van der Waals surface area contributed by atoms with Gasteiger partial charge in [0.2, 0.25) is 0 Å². The normalized spacial score (nSPS) is 12.0. The van der Waals surface area contributed by atoms with Crippen molar-refractivity contribution in [2.75, 3.05) is 26.0 Å². The van der Waals surface area contributed by atoms with E-state index in [1.165, 1.54) is 12.1 Å². The van der Waals surface area contributed by atoms with E-state index in [0.29, 0.717) is 30.0 Å². The summed E-state index contributed by atoms with van der Waals surface area (Å²) in [5.41, 5.74) is 2.08. The summed E-state index contributed by atoms with van der Waals surface area (Å²) < 4.78 is 10.4. The van der Waals surface area contributed by atoms with Crippen LogP contribution in [0.4, 0.5) is 5.69 Å². The number of phenolic OH excluding ortho intramolecular Hbond substituents is 1. The lowest BCUT2D eigenvalue weighted by Crippen LogP contribution is -3.08. The molecule has 3 aromatic rings. The fraction of sp³-hybridized carbons (Fsp3) is 0.273. The molecule has 0 aliphatic carbocycles. The van der Waals surface area contributed by atoms with Crippen LogP contribution in [0.2, 0.25) is 0 Å². The van der Waals surface area contributed by atoms with Crippen molar-refractivity contribution in [2.24, 2.45) is 0 Å². The Morgan fingerprint density at radius 1 is 1.21 bits per heavy atom. The van der Waals surface area contributed by atoms with Gasteiger partial charge in [0.25, 0.3) is 5.91 Å². The van der Waals surface area contributed by atoms with Gasteiger partial charge in [0.15, 0.2) is 6.54 Å². The Balaban J connectivity index is 1.76. The largest absolute Gasteiger partial charge is 0.508 e. The fourth-order valence-electron chi connectivity index (χ4n) is 3.30. The molecule has 1 atom stereocenters. The third-order valence-electron chi connectivity index (χ3n) is 4.72. The molecular weight excluding hydrogens is 372 g/mol. The van der Waals surface area contributed by atoms with Crippen molar-refractivity contribution >= 4 is 22.6 Å². The molecule has 1 unspecified atom stereocenters. The highest BCUT2D eigenvalue weighted by atomic mass is 16.5. The molecule has 7 nitrogen and oxygen atoms in total.